The Morgan fingerprint density at radius 3 is 2.91 bits per heavy atom. The highest BCUT2D eigenvalue weighted by Crippen LogP contribution is 2.33. The molecular formula is C24H25N5O3S. The number of carbonyl (C=O) groups excluding carboxylic acids is 2. The van der Waals surface area contributed by atoms with Crippen LogP contribution >= 0.6 is 11.3 Å². The van der Waals surface area contributed by atoms with E-state index in [1.54, 1.807) is 33.2 Å². The van der Waals surface area contributed by atoms with Crippen LogP contribution in [0.4, 0.5) is 0 Å². The summed E-state index contributed by atoms with van der Waals surface area (Å²) in [6.45, 7) is 5.01. The summed E-state index contributed by atoms with van der Waals surface area (Å²) in [5.41, 5.74) is 2.02. The molecule has 4 aromatic rings. The van der Waals surface area contributed by atoms with Crippen molar-refractivity contribution in [2.45, 2.75) is 38.6 Å². The van der Waals surface area contributed by atoms with Gasteiger partial charge in [0.25, 0.3) is 5.91 Å². The number of hydrogen-bond donors (Lipinski definition) is 0. The number of esters is 1. The first-order valence-electron chi connectivity index (χ1n) is 11.1. The third-order valence-electron chi connectivity index (χ3n) is 5.92. The van der Waals surface area contributed by atoms with Crippen molar-refractivity contribution in [2.75, 3.05) is 19.7 Å². The molecule has 1 fully saturated rings. The minimum absolute atomic E-state index is 0.168. The van der Waals surface area contributed by atoms with Crippen LogP contribution in [0.5, 0.6) is 0 Å². The number of thiazole rings is 1. The predicted octanol–water partition coefficient (Wildman–Crippen LogP) is 4.18. The van der Waals surface area contributed by atoms with E-state index in [2.05, 4.69) is 16.1 Å². The summed E-state index contributed by atoms with van der Waals surface area (Å²) >= 11 is 1.69. The molecule has 0 bridgehead atoms. The first kappa shape index (κ1) is 21.5. The quantitative estimate of drug-likeness (QED) is 0.412. The molecule has 8 nitrogen and oxygen atoms in total. The molecule has 3 aromatic heterocycles. The number of fused-ring (bicyclic) bond motifs is 2. The minimum atomic E-state index is -0.560. The van der Waals surface area contributed by atoms with E-state index in [-0.39, 0.29) is 24.5 Å². The van der Waals surface area contributed by atoms with Crippen molar-refractivity contribution in [1.82, 2.24) is 24.6 Å². The van der Waals surface area contributed by atoms with E-state index in [9.17, 15) is 9.59 Å². The smallest absolute Gasteiger partial charge is 0.340 e. The average molecular weight is 464 g/mol. The van der Waals surface area contributed by atoms with Crippen LogP contribution in [0.25, 0.3) is 21.3 Å². The van der Waals surface area contributed by atoms with Crippen LogP contribution in [0, 0.1) is 0 Å². The van der Waals surface area contributed by atoms with Crippen molar-refractivity contribution in [2.24, 2.45) is 0 Å². The molecule has 5 rings (SSSR count). The first-order chi connectivity index (χ1) is 16.0. The van der Waals surface area contributed by atoms with Gasteiger partial charge in [0.15, 0.2) is 12.3 Å². The minimum Gasteiger partial charge on any atom is -0.452 e. The number of aromatic nitrogens is 4. The molecular weight excluding hydrogens is 438 g/mol. The number of likely N-dealkylation sites (tertiary alicyclic amines) is 1. The molecule has 1 atom stereocenters. The van der Waals surface area contributed by atoms with Gasteiger partial charge in [-0.2, -0.15) is 5.10 Å². The van der Waals surface area contributed by atoms with Crippen LogP contribution in [0.2, 0.25) is 0 Å². The summed E-state index contributed by atoms with van der Waals surface area (Å²) in [5.74, 6) is -0.537. The zero-order valence-electron chi connectivity index (χ0n) is 18.6. The standard InChI is InChI=1S/C24H25N5O3S/c1-15(2)29-22-17(12-26-29)10-18(11-25-22)24(31)32-14-21(30)28-9-5-6-16(13-28)23-27-19-7-3-4-8-20(19)33-23/h3-4,7-8,10-12,15-16H,5-6,9,13-14H2,1-2H3. The number of para-hydroxylation sites is 1. The molecule has 1 saturated heterocycles. The molecule has 1 aliphatic heterocycles. The summed E-state index contributed by atoms with van der Waals surface area (Å²) in [5, 5.41) is 6.14. The van der Waals surface area contributed by atoms with Crippen LogP contribution in [0.3, 0.4) is 0 Å². The van der Waals surface area contributed by atoms with Crippen LogP contribution in [0.15, 0.2) is 42.7 Å². The van der Waals surface area contributed by atoms with E-state index in [4.69, 9.17) is 9.72 Å². The van der Waals surface area contributed by atoms with E-state index in [1.165, 1.54) is 6.20 Å². The van der Waals surface area contributed by atoms with Gasteiger partial charge < -0.3 is 9.64 Å². The van der Waals surface area contributed by atoms with E-state index in [1.807, 2.05) is 32.0 Å². The molecule has 170 valence electrons. The van der Waals surface area contributed by atoms with Gasteiger partial charge in [-0.25, -0.2) is 19.4 Å². The van der Waals surface area contributed by atoms with Crippen LogP contribution in [0.1, 0.15) is 54.0 Å². The summed E-state index contributed by atoms with van der Waals surface area (Å²) in [7, 11) is 0. The van der Waals surface area contributed by atoms with Gasteiger partial charge in [-0.3, -0.25) is 4.79 Å². The van der Waals surface area contributed by atoms with Gasteiger partial charge in [0.2, 0.25) is 0 Å². The molecule has 4 heterocycles. The number of hydrogen-bond acceptors (Lipinski definition) is 7. The van der Waals surface area contributed by atoms with Crippen molar-refractivity contribution in [3.05, 3.63) is 53.3 Å². The molecule has 0 radical (unpaired) electrons. The van der Waals surface area contributed by atoms with Crippen LogP contribution in [-0.2, 0) is 9.53 Å². The van der Waals surface area contributed by atoms with E-state index in [0.29, 0.717) is 24.3 Å². The molecule has 0 saturated carbocycles. The Labute approximate surface area is 195 Å². The lowest BCUT2D eigenvalue weighted by molar-refractivity contribution is -0.135. The van der Waals surface area contributed by atoms with E-state index >= 15 is 0 Å². The van der Waals surface area contributed by atoms with E-state index < -0.39 is 5.97 Å². The summed E-state index contributed by atoms with van der Waals surface area (Å²) in [6.07, 6.45) is 5.06. The molecule has 1 aliphatic rings. The predicted molar refractivity (Wildman–Crippen MR) is 126 cm³/mol. The Bertz CT molecular complexity index is 1300. The number of piperidine rings is 1. The Balaban J connectivity index is 1.21. The highest BCUT2D eigenvalue weighted by Gasteiger charge is 2.27. The normalized spacial score (nSPS) is 16.6. The second kappa shape index (κ2) is 8.90. The van der Waals surface area contributed by atoms with Gasteiger partial charge in [-0.15, -0.1) is 11.3 Å². The Morgan fingerprint density at radius 1 is 1.24 bits per heavy atom. The van der Waals surface area contributed by atoms with Gasteiger partial charge in [-0.1, -0.05) is 12.1 Å². The molecule has 1 amide bonds. The molecule has 0 N–H and O–H groups in total. The summed E-state index contributed by atoms with van der Waals surface area (Å²) < 4.78 is 8.28. The second-order valence-electron chi connectivity index (χ2n) is 8.59. The summed E-state index contributed by atoms with van der Waals surface area (Å²) in [4.78, 5) is 36.2. The zero-order valence-corrected chi connectivity index (χ0v) is 19.4. The molecule has 9 heteroatoms. The highest BCUT2D eigenvalue weighted by atomic mass is 32.1. The molecule has 1 aromatic carbocycles. The second-order valence-corrected chi connectivity index (χ2v) is 9.66. The fourth-order valence-corrected chi connectivity index (χ4v) is 5.29. The topological polar surface area (TPSA) is 90.2 Å². The summed E-state index contributed by atoms with van der Waals surface area (Å²) in [6, 6.07) is 9.95. The number of ether oxygens (including phenoxy) is 1. The van der Waals surface area contributed by atoms with Crippen molar-refractivity contribution < 1.29 is 14.3 Å². The van der Waals surface area contributed by atoms with Crippen molar-refractivity contribution in [1.29, 1.82) is 0 Å². The number of pyridine rings is 1. The van der Waals surface area contributed by atoms with Crippen molar-refractivity contribution in [3.63, 3.8) is 0 Å². The third kappa shape index (κ3) is 4.32. The maximum atomic E-state index is 12.8. The lowest BCUT2D eigenvalue weighted by atomic mass is 9.99. The van der Waals surface area contributed by atoms with Gasteiger partial charge >= 0.3 is 5.97 Å². The third-order valence-corrected chi connectivity index (χ3v) is 7.12. The first-order valence-corrected chi connectivity index (χ1v) is 11.9. The highest BCUT2D eigenvalue weighted by molar-refractivity contribution is 7.18. The molecule has 0 aliphatic carbocycles. The van der Waals surface area contributed by atoms with Gasteiger partial charge in [0.05, 0.1) is 27.0 Å². The lowest BCUT2D eigenvalue weighted by Crippen LogP contribution is -2.41. The molecule has 0 spiro atoms. The Morgan fingerprint density at radius 2 is 2.09 bits per heavy atom. The number of carbonyl (C=O) groups is 2. The SMILES string of the molecule is CC(C)n1ncc2cc(C(=O)OCC(=O)N3CCCC(c4nc5ccccc5s4)C3)cnc21. The monoisotopic (exact) mass is 463 g/mol. The van der Waals surface area contributed by atoms with Crippen molar-refractivity contribution >= 4 is 44.5 Å². The Kier molecular flexibility index (Phi) is 5.80. The fourth-order valence-electron chi connectivity index (χ4n) is 4.20. The molecule has 33 heavy (non-hydrogen) atoms. The van der Waals surface area contributed by atoms with Crippen molar-refractivity contribution in [3.8, 4) is 0 Å². The number of amides is 1. The van der Waals surface area contributed by atoms with Gasteiger partial charge in [0.1, 0.15) is 0 Å². The lowest BCUT2D eigenvalue weighted by Gasteiger charge is -2.31. The number of nitrogens with zero attached hydrogens (tertiary/aromatic N) is 5. The largest absolute Gasteiger partial charge is 0.452 e. The number of rotatable bonds is 5. The zero-order chi connectivity index (χ0) is 22.9. The van der Waals surface area contributed by atoms with Gasteiger partial charge in [-0.05, 0) is 44.9 Å². The molecule has 1 unspecified atom stereocenters. The maximum absolute atomic E-state index is 12.8. The van der Waals surface area contributed by atoms with Crippen LogP contribution < -0.4 is 0 Å². The maximum Gasteiger partial charge on any atom is 0.340 e. The Hall–Kier alpha value is -3.33. The average Bonchev–Trinajstić information content (AvgIpc) is 3.46. The van der Waals surface area contributed by atoms with Crippen LogP contribution in [-0.4, -0.2) is 56.2 Å². The van der Waals surface area contributed by atoms with E-state index in [0.717, 1.165) is 33.5 Å². The fraction of sp³-hybridized carbons (Fsp3) is 0.375. The van der Waals surface area contributed by atoms with Gasteiger partial charge in [0, 0.05) is 36.6 Å². The number of benzene rings is 1.